The van der Waals surface area contributed by atoms with Gasteiger partial charge in [0.1, 0.15) is 6.29 Å². The van der Waals surface area contributed by atoms with Gasteiger partial charge in [0.05, 0.1) is 0 Å². The van der Waals surface area contributed by atoms with E-state index in [1.54, 1.807) is 0 Å². The van der Waals surface area contributed by atoms with Gasteiger partial charge in [0.25, 0.3) is 0 Å². The van der Waals surface area contributed by atoms with E-state index in [1.807, 2.05) is 0 Å². The summed E-state index contributed by atoms with van der Waals surface area (Å²) in [6.45, 7) is 4.25. The second-order valence-corrected chi connectivity index (χ2v) is 3.70. The molecule has 0 aromatic carbocycles. The Morgan fingerprint density at radius 1 is 1.55 bits per heavy atom. The largest absolute Gasteiger partial charge is 0.298 e. The van der Waals surface area contributed by atoms with Gasteiger partial charge in [0, 0.05) is 10.6 Å². The third-order valence-electron chi connectivity index (χ3n) is 2.57. The zero-order valence-electron chi connectivity index (χ0n) is 6.93. The zero-order chi connectivity index (χ0) is 8.43. The summed E-state index contributed by atoms with van der Waals surface area (Å²) >= 11 is 5.98. The number of carbonyl (C=O) groups is 1. The van der Waals surface area contributed by atoms with E-state index in [-0.39, 0.29) is 0 Å². The third-order valence-corrected chi connectivity index (χ3v) is 3.16. The van der Waals surface area contributed by atoms with Gasteiger partial charge in [-0.05, 0) is 24.7 Å². The van der Waals surface area contributed by atoms with Crippen LogP contribution in [0.1, 0.15) is 26.7 Å². The van der Waals surface area contributed by atoms with Gasteiger partial charge in [-0.2, -0.15) is 0 Å². The fourth-order valence-electron chi connectivity index (χ4n) is 1.41. The molecule has 62 valence electrons. The van der Waals surface area contributed by atoms with Gasteiger partial charge in [-0.1, -0.05) is 25.4 Å². The highest BCUT2D eigenvalue weighted by atomic mass is 35.5. The first kappa shape index (κ1) is 8.79. The smallest absolute Gasteiger partial charge is 0.147 e. The molecule has 0 aromatic heterocycles. The van der Waals surface area contributed by atoms with Crippen LogP contribution < -0.4 is 0 Å². The molecule has 0 aliphatic heterocycles. The molecule has 0 aromatic rings. The van der Waals surface area contributed by atoms with Crippen molar-refractivity contribution < 1.29 is 4.79 Å². The van der Waals surface area contributed by atoms with Crippen LogP contribution in [-0.4, -0.2) is 6.29 Å². The van der Waals surface area contributed by atoms with Crippen molar-refractivity contribution in [2.75, 3.05) is 0 Å². The number of allylic oxidation sites excluding steroid dienone is 2. The van der Waals surface area contributed by atoms with Crippen LogP contribution in [0.15, 0.2) is 10.6 Å². The minimum Gasteiger partial charge on any atom is -0.298 e. The molecule has 0 saturated carbocycles. The Morgan fingerprint density at radius 2 is 2.18 bits per heavy atom. The van der Waals surface area contributed by atoms with Crippen molar-refractivity contribution in [1.82, 2.24) is 0 Å². The van der Waals surface area contributed by atoms with Crippen molar-refractivity contribution in [2.45, 2.75) is 26.7 Å². The molecule has 2 atom stereocenters. The second-order valence-electron chi connectivity index (χ2n) is 3.30. The molecule has 1 aliphatic rings. The molecule has 0 spiro atoms. The van der Waals surface area contributed by atoms with Crippen LogP contribution in [-0.2, 0) is 4.79 Å². The molecule has 0 saturated heterocycles. The fraction of sp³-hybridized carbons (Fsp3) is 0.667. The monoisotopic (exact) mass is 172 g/mol. The number of carbonyl (C=O) groups excluding carboxylic acids is 1. The molecule has 1 nitrogen and oxygen atoms in total. The minimum absolute atomic E-state index is 0.366. The quantitative estimate of drug-likeness (QED) is 0.556. The van der Waals surface area contributed by atoms with Gasteiger partial charge in [-0.15, -0.1) is 0 Å². The van der Waals surface area contributed by atoms with E-state index < -0.39 is 0 Å². The van der Waals surface area contributed by atoms with Crippen LogP contribution >= 0.6 is 11.6 Å². The van der Waals surface area contributed by atoms with Gasteiger partial charge in [0.2, 0.25) is 0 Å². The molecule has 0 amide bonds. The molecule has 2 unspecified atom stereocenters. The minimum atomic E-state index is 0.366. The molecule has 0 bridgehead atoms. The summed E-state index contributed by atoms with van der Waals surface area (Å²) in [5.74, 6) is 0.983. The van der Waals surface area contributed by atoms with Gasteiger partial charge in [-0.3, -0.25) is 4.79 Å². The first-order chi connectivity index (χ1) is 5.16. The van der Waals surface area contributed by atoms with Gasteiger partial charge in [0.15, 0.2) is 0 Å². The highest BCUT2D eigenvalue weighted by molar-refractivity contribution is 6.31. The third kappa shape index (κ3) is 1.64. The van der Waals surface area contributed by atoms with E-state index in [0.29, 0.717) is 11.8 Å². The normalized spacial score (nSPS) is 32.3. The molecule has 0 radical (unpaired) electrons. The zero-order valence-corrected chi connectivity index (χ0v) is 7.69. The molecule has 2 heteroatoms. The lowest BCUT2D eigenvalue weighted by Crippen LogP contribution is -2.15. The maximum Gasteiger partial charge on any atom is 0.147 e. The van der Waals surface area contributed by atoms with Crippen LogP contribution in [0.5, 0.6) is 0 Å². The fourth-order valence-corrected chi connectivity index (χ4v) is 1.76. The Morgan fingerprint density at radius 3 is 2.73 bits per heavy atom. The van der Waals surface area contributed by atoms with Gasteiger partial charge in [-0.25, -0.2) is 0 Å². The maximum atomic E-state index is 10.5. The second kappa shape index (κ2) is 3.40. The summed E-state index contributed by atoms with van der Waals surface area (Å²) in [5, 5.41) is 0.777. The topological polar surface area (TPSA) is 17.1 Å². The van der Waals surface area contributed by atoms with Gasteiger partial charge >= 0.3 is 0 Å². The highest BCUT2D eigenvalue weighted by Gasteiger charge is 2.23. The average molecular weight is 173 g/mol. The number of aldehydes is 1. The molecule has 0 heterocycles. The van der Waals surface area contributed by atoms with Crippen LogP contribution in [0.25, 0.3) is 0 Å². The average Bonchev–Trinajstić information content (AvgIpc) is 2.01. The van der Waals surface area contributed by atoms with Crippen molar-refractivity contribution in [3.05, 3.63) is 10.6 Å². The molecule has 1 rings (SSSR count). The van der Waals surface area contributed by atoms with Crippen LogP contribution in [0.2, 0.25) is 0 Å². The van der Waals surface area contributed by atoms with Crippen molar-refractivity contribution in [3.63, 3.8) is 0 Å². The van der Waals surface area contributed by atoms with E-state index in [1.165, 1.54) is 0 Å². The maximum absolute atomic E-state index is 10.5. The Labute approximate surface area is 72.4 Å². The number of rotatable bonds is 1. The summed E-state index contributed by atoms with van der Waals surface area (Å²) in [4.78, 5) is 10.5. The van der Waals surface area contributed by atoms with Crippen LogP contribution in [0.3, 0.4) is 0 Å². The van der Waals surface area contributed by atoms with E-state index in [4.69, 9.17) is 11.6 Å². The Balaban J connectivity index is 2.86. The molecule has 0 N–H and O–H groups in total. The summed E-state index contributed by atoms with van der Waals surface area (Å²) in [6, 6.07) is 0. The number of hydrogen-bond donors (Lipinski definition) is 0. The predicted molar refractivity (Wildman–Crippen MR) is 46.5 cm³/mol. The van der Waals surface area contributed by atoms with Crippen molar-refractivity contribution in [3.8, 4) is 0 Å². The van der Waals surface area contributed by atoms with Crippen molar-refractivity contribution >= 4 is 17.9 Å². The first-order valence-electron chi connectivity index (χ1n) is 4.00. The Hall–Kier alpha value is -0.300. The van der Waals surface area contributed by atoms with E-state index in [0.717, 1.165) is 29.7 Å². The lowest BCUT2D eigenvalue weighted by Gasteiger charge is -2.25. The van der Waals surface area contributed by atoms with Crippen LogP contribution in [0.4, 0.5) is 0 Å². The molecule has 1 aliphatic carbocycles. The summed E-state index contributed by atoms with van der Waals surface area (Å²) in [7, 11) is 0. The highest BCUT2D eigenvalue weighted by Crippen LogP contribution is 2.35. The summed E-state index contributed by atoms with van der Waals surface area (Å²) in [5.41, 5.74) is 0.803. The Kier molecular flexibility index (Phi) is 2.72. The number of halogens is 1. The molecule has 0 fully saturated rings. The summed E-state index contributed by atoms with van der Waals surface area (Å²) in [6.07, 6.45) is 2.84. The molecular formula is C9H13ClO. The van der Waals surface area contributed by atoms with E-state index in [9.17, 15) is 4.79 Å². The molecular weight excluding hydrogens is 160 g/mol. The number of hydrogen-bond acceptors (Lipinski definition) is 1. The predicted octanol–water partition coefficient (Wildman–Crippen LogP) is 2.74. The standard InChI is InChI=1S/C9H13ClO/c1-6-3-4-8(5-11)9(10)7(6)2/h5-7H,3-4H2,1-2H3. The van der Waals surface area contributed by atoms with Crippen molar-refractivity contribution in [1.29, 1.82) is 0 Å². The molecule has 11 heavy (non-hydrogen) atoms. The van der Waals surface area contributed by atoms with Crippen LogP contribution in [0, 0.1) is 11.8 Å². The SMILES string of the molecule is CC1CCC(C=O)=C(Cl)C1C. The van der Waals surface area contributed by atoms with E-state index in [2.05, 4.69) is 13.8 Å². The summed E-state index contributed by atoms with van der Waals surface area (Å²) < 4.78 is 0. The van der Waals surface area contributed by atoms with Crippen molar-refractivity contribution in [2.24, 2.45) is 11.8 Å². The lowest BCUT2D eigenvalue weighted by molar-refractivity contribution is -0.105. The van der Waals surface area contributed by atoms with E-state index >= 15 is 0 Å². The lowest BCUT2D eigenvalue weighted by atomic mass is 9.83. The Bertz CT molecular complexity index is 196. The first-order valence-corrected chi connectivity index (χ1v) is 4.38. The van der Waals surface area contributed by atoms with Gasteiger partial charge < -0.3 is 0 Å².